The van der Waals surface area contributed by atoms with Crippen LogP contribution in [0.4, 0.5) is 10.6 Å². The van der Waals surface area contributed by atoms with E-state index in [-0.39, 0.29) is 6.03 Å². The molecular weight excluding hydrogens is 278 g/mol. The van der Waals surface area contributed by atoms with Gasteiger partial charge in [-0.2, -0.15) is 5.10 Å². The van der Waals surface area contributed by atoms with Crippen LogP contribution in [0.5, 0.6) is 0 Å². The molecule has 6 heteroatoms. The van der Waals surface area contributed by atoms with Gasteiger partial charge < -0.3 is 10.2 Å². The van der Waals surface area contributed by atoms with Crippen molar-refractivity contribution in [2.45, 2.75) is 51.1 Å². The minimum Gasteiger partial charge on any atom is -0.335 e. The van der Waals surface area contributed by atoms with Gasteiger partial charge in [0, 0.05) is 18.7 Å². The molecule has 1 aromatic rings. The lowest BCUT2D eigenvalue weighted by Crippen LogP contribution is -2.35. The Bertz CT molecular complexity index is 518. The molecule has 0 saturated heterocycles. The molecule has 0 aliphatic heterocycles. The molecule has 2 N–H and O–H groups in total. The Balaban J connectivity index is 1.49. The van der Waals surface area contributed by atoms with Crippen LogP contribution < -0.4 is 10.6 Å². The summed E-state index contributed by atoms with van der Waals surface area (Å²) in [5, 5.41) is 10.3. The fourth-order valence-electron chi connectivity index (χ4n) is 3.58. The summed E-state index contributed by atoms with van der Waals surface area (Å²) in [4.78, 5) is 14.3. The van der Waals surface area contributed by atoms with E-state index in [2.05, 4.69) is 20.6 Å². The number of urea groups is 1. The smallest absolute Gasteiger partial charge is 0.320 e. The number of carbonyl (C=O) groups is 1. The summed E-state index contributed by atoms with van der Waals surface area (Å²) in [7, 11) is 4.06. The molecule has 2 saturated carbocycles. The van der Waals surface area contributed by atoms with Gasteiger partial charge in [-0.25, -0.2) is 9.48 Å². The lowest BCUT2D eigenvalue weighted by molar-refractivity contribution is 0.246. The second-order valence-corrected chi connectivity index (χ2v) is 7.02. The van der Waals surface area contributed by atoms with Crippen molar-refractivity contribution in [2.24, 2.45) is 5.41 Å². The molecule has 0 radical (unpaired) electrons. The molecule has 22 heavy (non-hydrogen) atoms. The maximum atomic E-state index is 12.2. The number of anilines is 1. The Morgan fingerprint density at radius 3 is 2.91 bits per heavy atom. The second-order valence-electron chi connectivity index (χ2n) is 7.02. The van der Waals surface area contributed by atoms with Crippen LogP contribution >= 0.6 is 0 Å². The third kappa shape index (κ3) is 3.43. The SMILES string of the molecule is CN(C)CCn1nccc1NC(=O)NC1CC12CCCCC2. The van der Waals surface area contributed by atoms with E-state index in [9.17, 15) is 4.79 Å². The molecule has 2 aliphatic carbocycles. The third-order valence-corrected chi connectivity index (χ3v) is 5.06. The number of nitrogens with zero attached hydrogens (tertiary/aromatic N) is 3. The zero-order valence-corrected chi connectivity index (χ0v) is 13.6. The molecular formula is C16H27N5O. The molecule has 0 aromatic carbocycles. The van der Waals surface area contributed by atoms with E-state index in [1.54, 1.807) is 6.20 Å². The van der Waals surface area contributed by atoms with Crippen LogP contribution in [0.15, 0.2) is 12.3 Å². The summed E-state index contributed by atoms with van der Waals surface area (Å²) in [6.45, 7) is 1.66. The van der Waals surface area contributed by atoms with E-state index in [1.165, 1.54) is 32.1 Å². The van der Waals surface area contributed by atoms with Crippen molar-refractivity contribution in [2.75, 3.05) is 26.0 Å². The highest BCUT2D eigenvalue weighted by Gasteiger charge is 2.54. The van der Waals surface area contributed by atoms with E-state index < -0.39 is 0 Å². The third-order valence-electron chi connectivity index (χ3n) is 5.06. The fourth-order valence-corrected chi connectivity index (χ4v) is 3.58. The van der Waals surface area contributed by atoms with Gasteiger partial charge >= 0.3 is 6.03 Å². The number of rotatable bonds is 5. The molecule has 1 heterocycles. The largest absolute Gasteiger partial charge is 0.335 e. The van der Waals surface area contributed by atoms with E-state index in [4.69, 9.17) is 0 Å². The first-order valence-electron chi connectivity index (χ1n) is 8.33. The second kappa shape index (κ2) is 6.28. The molecule has 1 atom stereocenters. The fraction of sp³-hybridized carbons (Fsp3) is 0.750. The molecule has 6 nitrogen and oxygen atoms in total. The van der Waals surface area contributed by atoms with Crippen molar-refractivity contribution in [3.05, 3.63) is 12.3 Å². The maximum absolute atomic E-state index is 12.2. The van der Waals surface area contributed by atoms with Gasteiger partial charge in [0.25, 0.3) is 0 Å². The summed E-state index contributed by atoms with van der Waals surface area (Å²) in [5.74, 6) is 0.762. The average molecular weight is 305 g/mol. The molecule has 2 aliphatic rings. The van der Waals surface area contributed by atoms with Crippen LogP contribution in [0.2, 0.25) is 0 Å². The Morgan fingerprint density at radius 1 is 1.41 bits per heavy atom. The average Bonchev–Trinajstić information content (AvgIpc) is 2.93. The van der Waals surface area contributed by atoms with Crippen molar-refractivity contribution >= 4 is 11.8 Å². The maximum Gasteiger partial charge on any atom is 0.320 e. The Labute approximate surface area is 132 Å². The van der Waals surface area contributed by atoms with Crippen LogP contribution in [-0.2, 0) is 6.54 Å². The number of amides is 2. The van der Waals surface area contributed by atoms with E-state index in [1.807, 2.05) is 24.8 Å². The standard InChI is InChI=1S/C16H27N5O/c1-20(2)10-11-21-14(6-9-17-21)19-15(22)18-13-12-16(13)7-4-3-5-8-16/h6,9,13H,3-5,7-8,10-12H2,1-2H3,(H2,18,19,22). The molecule has 2 fully saturated rings. The van der Waals surface area contributed by atoms with Crippen molar-refractivity contribution in [3.8, 4) is 0 Å². The molecule has 1 spiro atoms. The number of carbonyl (C=O) groups excluding carboxylic acids is 1. The Morgan fingerprint density at radius 2 is 2.18 bits per heavy atom. The Hall–Kier alpha value is -1.56. The summed E-state index contributed by atoms with van der Waals surface area (Å²) in [6, 6.07) is 2.11. The molecule has 1 unspecified atom stereocenters. The highest BCUT2D eigenvalue weighted by Crippen LogP contribution is 2.56. The molecule has 0 bridgehead atoms. The predicted molar refractivity (Wildman–Crippen MR) is 86.9 cm³/mol. The highest BCUT2D eigenvalue weighted by molar-refractivity contribution is 5.88. The van der Waals surface area contributed by atoms with Crippen molar-refractivity contribution in [3.63, 3.8) is 0 Å². The summed E-state index contributed by atoms with van der Waals surface area (Å²) < 4.78 is 1.84. The van der Waals surface area contributed by atoms with Crippen LogP contribution in [0.3, 0.4) is 0 Å². The van der Waals surface area contributed by atoms with E-state index in [0.717, 1.165) is 25.3 Å². The van der Waals surface area contributed by atoms with Crippen molar-refractivity contribution in [1.29, 1.82) is 0 Å². The minimum atomic E-state index is -0.0981. The van der Waals surface area contributed by atoms with Crippen LogP contribution in [-0.4, -0.2) is 47.4 Å². The van der Waals surface area contributed by atoms with E-state index >= 15 is 0 Å². The first-order chi connectivity index (χ1) is 10.6. The number of aromatic nitrogens is 2. The van der Waals surface area contributed by atoms with Crippen LogP contribution in [0, 0.1) is 5.41 Å². The van der Waals surface area contributed by atoms with Gasteiger partial charge in [-0.15, -0.1) is 0 Å². The number of nitrogens with one attached hydrogen (secondary N) is 2. The molecule has 1 aromatic heterocycles. The first-order valence-corrected chi connectivity index (χ1v) is 8.33. The lowest BCUT2D eigenvalue weighted by Gasteiger charge is -2.22. The quantitative estimate of drug-likeness (QED) is 0.877. The highest BCUT2D eigenvalue weighted by atomic mass is 16.2. The molecule has 122 valence electrons. The number of likely N-dealkylation sites (N-methyl/N-ethyl adjacent to an activating group) is 1. The summed E-state index contributed by atoms with van der Waals surface area (Å²) in [5.41, 5.74) is 0.417. The van der Waals surface area contributed by atoms with Gasteiger partial charge in [0.15, 0.2) is 0 Å². The normalized spacial score (nSPS) is 22.8. The van der Waals surface area contributed by atoms with Crippen molar-refractivity contribution in [1.82, 2.24) is 20.0 Å². The summed E-state index contributed by atoms with van der Waals surface area (Å²) >= 11 is 0. The zero-order valence-electron chi connectivity index (χ0n) is 13.6. The van der Waals surface area contributed by atoms with Gasteiger partial charge in [0.05, 0.1) is 12.7 Å². The van der Waals surface area contributed by atoms with Gasteiger partial charge in [-0.1, -0.05) is 19.3 Å². The van der Waals surface area contributed by atoms with Crippen LogP contribution in [0.1, 0.15) is 38.5 Å². The van der Waals surface area contributed by atoms with Crippen LogP contribution in [0.25, 0.3) is 0 Å². The lowest BCUT2D eigenvalue weighted by atomic mass is 9.86. The number of hydrogen-bond donors (Lipinski definition) is 2. The predicted octanol–water partition coefficient (Wildman–Crippen LogP) is 2.29. The monoisotopic (exact) mass is 305 g/mol. The zero-order chi connectivity index (χ0) is 15.6. The molecule has 2 amide bonds. The van der Waals surface area contributed by atoms with Gasteiger partial charge in [0.1, 0.15) is 5.82 Å². The van der Waals surface area contributed by atoms with E-state index in [0.29, 0.717) is 11.5 Å². The van der Waals surface area contributed by atoms with Crippen molar-refractivity contribution < 1.29 is 4.79 Å². The topological polar surface area (TPSA) is 62.2 Å². The van der Waals surface area contributed by atoms with Gasteiger partial charge in [-0.3, -0.25) is 5.32 Å². The summed E-state index contributed by atoms with van der Waals surface area (Å²) in [6.07, 6.45) is 9.42. The van der Waals surface area contributed by atoms with Gasteiger partial charge in [-0.05, 0) is 38.8 Å². The number of hydrogen-bond acceptors (Lipinski definition) is 3. The van der Waals surface area contributed by atoms with Gasteiger partial charge in [0.2, 0.25) is 0 Å². The Kier molecular flexibility index (Phi) is 4.38. The minimum absolute atomic E-state index is 0.0981. The first kappa shape index (κ1) is 15.3. The molecule has 3 rings (SSSR count).